The predicted octanol–water partition coefficient (Wildman–Crippen LogP) is 2.98. The lowest BCUT2D eigenvalue weighted by Crippen LogP contribution is -2.31. The van der Waals surface area contributed by atoms with Crippen LogP contribution in [0.2, 0.25) is 0 Å². The smallest absolute Gasteiger partial charge is 0.186 e. The molecule has 1 N–H and O–H groups in total. The molecule has 1 aromatic heterocycles. The fraction of sp³-hybridized carbons (Fsp3) is 0.462. The molecule has 2 heterocycles. The van der Waals surface area contributed by atoms with Gasteiger partial charge in [-0.15, -0.1) is 11.8 Å². The number of nitrogens with zero attached hydrogens (tertiary/aromatic N) is 2. The van der Waals surface area contributed by atoms with Crippen LogP contribution in [0.3, 0.4) is 0 Å². The van der Waals surface area contributed by atoms with Crippen molar-refractivity contribution in [2.24, 2.45) is 0 Å². The highest BCUT2D eigenvalue weighted by Crippen LogP contribution is 2.36. The number of aromatic nitrogens is 1. The van der Waals surface area contributed by atoms with Gasteiger partial charge in [-0.1, -0.05) is 17.4 Å². The van der Waals surface area contributed by atoms with Crippen molar-refractivity contribution in [1.29, 1.82) is 0 Å². The number of aliphatic hydroxyl groups excluding tert-OH is 1. The molecule has 3 nitrogen and oxygen atoms in total. The van der Waals surface area contributed by atoms with Crippen LogP contribution in [0, 0.1) is 0 Å². The maximum Gasteiger partial charge on any atom is 0.186 e. The van der Waals surface area contributed by atoms with E-state index >= 15 is 0 Å². The van der Waals surface area contributed by atoms with Gasteiger partial charge in [-0.25, -0.2) is 4.98 Å². The molecule has 2 aromatic rings. The fourth-order valence-electron chi connectivity index (χ4n) is 2.48. The zero-order valence-electron chi connectivity index (χ0n) is 10.3. The van der Waals surface area contributed by atoms with Crippen molar-refractivity contribution in [3.63, 3.8) is 0 Å². The first-order valence-corrected chi connectivity index (χ1v) is 8.18. The zero-order chi connectivity index (χ0) is 12.5. The van der Waals surface area contributed by atoms with Gasteiger partial charge in [-0.05, 0) is 31.2 Å². The molecule has 1 aliphatic heterocycles. The summed E-state index contributed by atoms with van der Waals surface area (Å²) in [6.07, 6.45) is 4.30. The first-order chi connectivity index (χ1) is 8.83. The molecule has 3 rings (SSSR count). The molecule has 0 bridgehead atoms. The molecule has 1 atom stereocenters. The summed E-state index contributed by atoms with van der Waals surface area (Å²) in [5, 5.41) is 10.5. The van der Waals surface area contributed by atoms with Crippen LogP contribution >= 0.6 is 23.1 Å². The third-order valence-electron chi connectivity index (χ3n) is 3.42. The Hall–Kier alpha value is -0.780. The molecule has 0 aliphatic carbocycles. The molecule has 5 heteroatoms. The van der Waals surface area contributed by atoms with Crippen LogP contribution in [0.15, 0.2) is 23.1 Å². The zero-order valence-corrected chi connectivity index (χ0v) is 11.9. The Morgan fingerprint density at radius 2 is 2.44 bits per heavy atom. The molecular formula is C13H16N2OS2. The SMILES string of the molecule is CSc1cccc2sc(N3CCCC3CO)nc12. The minimum atomic E-state index is 0.227. The minimum Gasteiger partial charge on any atom is -0.394 e. The first-order valence-electron chi connectivity index (χ1n) is 6.14. The second kappa shape index (κ2) is 5.07. The van der Waals surface area contributed by atoms with Gasteiger partial charge < -0.3 is 10.0 Å². The van der Waals surface area contributed by atoms with Crippen molar-refractivity contribution in [2.45, 2.75) is 23.8 Å². The van der Waals surface area contributed by atoms with E-state index in [1.807, 2.05) is 0 Å². The van der Waals surface area contributed by atoms with Crippen molar-refractivity contribution >= 4 is 38.4 Å². The molecule has 0 spiro atoms. The number of hydrogen-bond donors (Lipinski definition) is 1. The Bertz CT molecular complexity index is 555. The highest BCUT2D eigenvalue weighted by molar-refractivity contribution is 7.98. The summed E-state index contributed by atoms with van der Waals surface area (Å²) < 4.78 is 1.24. The van der Waals surface area contributed by atoms with Crippen molar-refractivity contribution in [3.8, 4) is 0 Å². The summed E-state index contributed by atoms with van der Waals surface area (Å²) in [5.74, 6) is 0. The number of hydrogen-bond acceptors (Lipinski definition) is 5. The second-order valence-electron chi connectivity index (χ2n) is 4.48. The monoisotopic (exact) mass is 280 g/mol. The summed E-state index contributed by atoms with van der Waals surface area (Å²) in [7, 11) is 0. The lowest BCUT2D eigenvalue weighted by atomic mass is 10.2. The van der Waals surface area contributed by atoms with Crippen LogP contribution in [-0.4, -0.2) is 35.5 Å². The van der Waals surface area contributed by atoms with Crippen LogP contribution in [0.4, 0.5) is 5.13 Å². The van der Waals surface area contributed by atoms with Crippen molar-refractivity contribution in [1.82, 2.24) is 4.98 Å². The van der Waals surface area contributed by atoms with Gasteiger partial charge in [0.1, 0.15) is 0 Å². The lowest BCUT2D eigenvalue weighted by molar-refractivity contribution is 0.266. The minimum absolute atomic E-state index is 0.227. The Kier molecular flexibility index (Phi) is 3.46. The van der Waals surface area contributed by atoms with E-state index in [1.165, 1.54) is 9.60 Å². The highest BCUT2D eigenvalue weighted by atomic mass is 32.2. The van der Waals surface area contributed by atoms with Gasteiger partial charge in [0.2, 0.25) is 0 Å². The van der Waals surface area contributed by atoms with Gasteiger partial charge in [-0.2, -0.15) is 0 Å². The average Bonchev–Trinajstić information content (AvgIpc) is 3.03. The van der Waals surface area contributed by atoms with E-state index in [0.717, 1.165) is 30.0 Å². The quantitative estimate of drug-likeness (QED) is 0.877. The van der Waals surface area contributed by atoms with Gasteiger partial charge in [0.25, 0.3) is 0 Å². The average molecular weight is 280 g/mol. The van der Waals surface area contributed by atoms with E-state index in [1.54, 1.807) is 23.1 Å². The number of fused-ring (bicyclic) bond motifs is 1. The van der Waals surface area contributed by atoms with Gasteiger partial charge >= 0.3 is 0 Å². The van der Waals surface area contributed by atoms with Crippen molar-refractivity contribution < 1.29 is 5.11 Å². The molecule has 0 amide bonds. The number of para-hydroxylation sites is 1. The summed E-state index contributed by atoms with van der Waals surface area (Å²) in [5.41, 5.74) is 1.11. The van der Waals surface area contributed by atoms with Gasteiger partial charge in [-0.3, -0.25) is 0 Å². The number of thioether (sulfide) groups is 1. The molecule has 96 valence electrons. The first kappa shape index (κ1) is 12.3. The van der Waals surface area contributed by atoms with Crippen LogP contribution in [0.5, 0.6) is 0 Å². The molecule has 1 saturated heterocycles. The highest BCUT2D eigenvalue weighted by Gasteiger charge is 2.26. The maximum atomic E-state index is 9.40. The Balaban J connectivity index is 2.03. The van der Waals surface area contributed by atoms with Crippen molar-refractivity contribution in [2.75, 3.05) is 24.3 Å². The standard InChI is InChI=1S/C13H16N2OS2/c1-17-10-5-2-6-11-12(10)14-13(18-11)15-7-3-4-9(15)8-16/h2,5-6,9,16H,3-4,7-8H2,1H3. The van der Waals surface area contributed by atoms with Crippen LogP contribution < -0.4 is 4.90 Å². The molecule has 0 saturated carbocycles. The topological polar surface area (TPSA) is 36.4 Å². The molecular weight excluding hydrogens is 264 g/mol. The molecule has 18 heavy (non-hydrogen) atoms. The third-order valence-corrected chi connectivity index (χ3v) is 5.25. The number of rotatable bonds is 3. The molecule has 1 unspecified atom stereocenters. The van der Waals surface area contributed by atoms with E-state index in [9.17, 15) is 5.11 Å². The fourth-order valence-corrected chi connectivity index (χ4v) is 4.19. The number of benzene rings is 1. The van der Waals surface area contributed by atoms with Gasteiger partial charge in [0.05, 0.1) is 22.9 Å². The van der Waals surface area contributed by atoms with Crippen LogP contribution in [0.25, 0.3) is 10.2 Å². The Morgan fingerprint density at radius 1 is 1.56 bits per heavy atom. The molecule has 1 fully saturated rings. The largest absolute Gasteiger partial charge is 0.394 e. The lowest BCUT2D eigenvalue weighted by Gasteiger charge is -2.21. The second-order valence-corrected chi connectivity index (χ2v) is 6.33. The van der Waals surface area contributed by atoms with Gasteiger partial charge in [0, 0.05) is 11.4 Å². The van der Waals surface area contributed by atoms with Crippen LogP contribution in [0.1, 0.15) is 12.8 Å². The van der Waals surface area contributed by atoms with Gasteiger partial charge in [0.15, 0.2) is 5.13 Å². The third kappa shape index (κ3) is 2.00. The molecule has 0 radical (unpaired) electrons. The van der Waals surface area contributed by atoms with E-state index in [4.69, 9.17) is 4.98 Å². The maximum absolute atomic E-state index is 9.40. The number of thiazole rings is 1. The van der Waals surface area contributed by atoms with E-state index < -0.39 is 0 Å². The predicted molar refractivity (Wildman–Crippen MR) is 78.9 cm³/mol. The summed E-state index contributed by atoms with van der Waals surface area (Å²) in [6, 6.07) is 6.58. The van der Waals surface area contributed by atoms with E-state index in [-0.39, 0.29) is 12.6 Å². The van der Waals surface area contributed by atoms with E-state index in [0.29, 0.717) is 0 Å². The van der Waals surface area contributed by atoms with Crippen LogP contribution in [-0.2, 0) is 0 Å². The molecule has 1 aliphatic rings. The molecule has 1 aromatic carbocycles. The summed E-state index contributed by atoms with van der Waals surface area (Å²) >= 11 is 3.47. The number of aliphatic hydroxyl groups is 1. The van der Waals surface area contributed by atoms with E-state index in [2.05, 4.69) is 29.4 Å². The van der Waals surface area contributed by atoms with Crippen molar-refractivity contribution in [3.05, 3.63) is 18.2 Å². The summed E-state index contributed by atoms with van der Waals surface area (Å²) in [4.78, 5) is 8.27. The Labute approximate surface area is 115 Å². The normalized spacial score (nSPS) is 19.9. The number of anilines is 1. The Morgan fingerprint density at radius 3 is 3.22 bits per heavy atom. The summed E-state index contributed by atoms with van der Waals surface area (Å²) in [6.45, 7) is 1.24.